The molecule has 2 aromatic rings. The molecule has 2 N–H and O–H groups in total. The Hall–Kier alpha value is -1.32. The average Bonchev–Trinajstić information content (AvgIpc) is 2.95. The first-order valence-electron chi connectivity index (χ1n) is 7.68. The Morgan fingerprint density at radius 2 is 1.90 bits per heavy atom. The maximum Gasteiger partial charge on any atom is 0.0631 e. The maximum atomic E-state index is 6.28. The van der Waals surface area contributed by atoms with E-state index in [-0.39, 0.29) is 5.92 Å². The number of nitrogens with zero attached hydrogens (tertiary/aromatic N) is 2. The molecule has 4 heteroatoms. The molecule has 0 radical (unpaired) electrons. The fraction of sp³-hybridized carbons (Fsp3) is 0.471. The fourth-order valence-corrected chi connectivity index (χ4v) is 3.02. The molecule has 0 saturated carbocycles. The van der Waals surface area contributed by atoms with Crippen LogP contribution in [-0.2, 0) is 6.42 Å². The average molecular weight is 306 g/mol. The Kier molecular flexibility index (Phi) is 5.83. The Morgan fingerprint density at radius 3 is 2.52 bits per heavy atom. The predicted octanol–water partition coefficient (Wildman–Crippen LogP) is 4.18. The third-order valence-corrected chi connectivity index (χ3v) is 4.41. The summed E-state index contributed by atoms with van der Waals surface area (Å²) in [6.07, 6.45) is 5.10. The molecule has 114 valence electrons. The third-order valence-electron chi connectivity index (χ3n) is 4.07. The van der Waals surface area contributed by atoms with Crippen molar-refractivity contribution in [2.24, 2.45) is 5.73 Å². The van der Waals surface area contributed by atoms with Gasteiger partial charge in [-0.3, -0.25) is 4.68 Å². The Morgan fingerprint density at radius 1 is 1.19 bits per heavy atom. The van der Waals surface area contributed by atoms with Gasteiger partial charge in [0.15, 0.2) is 0 Å². The number of aromatic nitrogens is 2. The second-order valence-corrected chi connectivity index (χ2v) is 5.82. The molecule has 2 rings (SSSR count). The van der Waals surface area contributed by atoms with Crippen LogP contribution in [0, 0.1) is 0 Å². The van der Waals surface area contributed by atoms with Crippen LogP contribution in [0.5, 0.6) is 0 Å². The number of rotatable bonds is 7. The van der Waals surface area contributed by atoms with Crippen LogP contribution in [0.2, 0.25) is 5.02 Å². The van der Waals surface area contributed by atoms with Crippen LogP contribution < -0.4 is 5.73 Å². The molecule has 1 atom stereocenters. The Labute approximate surface area is 132 Å². The zero-order chi connectivity index (χ0) is 15.2. The smallest absolute Gasteiger partial charge is 0.0631 e. The Balaban J connectivity index is 2.14. The van der Waals surface area contributed by atoms with Crippen molar-refractivity contribution in [1.82, 2.24) is 9.78 Å². The highest BCUT2D eigenvalue weighted by molar-refractivity contribution is 6.31. The summed E-state index contributed by atoms with van der Waals surface area (Å²) in [5.74, 6) is 0.212. The van der Waals surface area contributed by atoms with Gasteiger partial charge < -0.3 is 5.73 Å². The first-order valence-corrected chi connectivity index (χ1v) is 8.05. The Bertz CT molecular complexity index is 561. The largest absolute Gasteiger partial charge is 0.330 e. The number of benzene rings is 1. The number of hydrogen-bond acceptors (Lipinski definition) is 2. The topological polar surface area (TPSA) is 43.8 Å². The van der Waals surface area contributed by atoms with Gasteiger partial charge in [-0.2, -0.15) is 5.10 Å². The molecule has 3 nitrogen and oxygen atoms in total. The van der Waals surface area contributed by atoms with Gasteiger partial charge >= 0.3 is 0 Å². The fourth-order valence-electron chi connectivity index (χ4n) is 2.73. The quantitative estimate of drug-likeness (QED) is 0.834. The van der Waals surface area contributed by atoms with E-state index < -0.39 is 0 Å². The highest BCUT2D eigenvalue weighted by atomic mass is 35.5. The van der Waals surface area contributed by atoms with Gasteiger partial charge in [-0.05, 0) is 43.5 Å². The highest BCUT2D eigenvalue weighted by Gasteiger charge is 2.16. The molecule has 0 aliphatic rings. The number of hydrogen-bond donors (Lipinski definition) is 1. The van der Waals surface area contributed by atoms with Gasteiger partial charge in [-0.25, -0.2) is 0 Å². The summed E-state index contributed by atoms with van der Waals surface area (Å²) in [5, 5.41) is 5.50. The monoisotopic (exact) mass is 305 g/mol. The van der Waals surface area contributed by atoms with Crippen molar-refractivity contribution < 1.29 is 0 Å². The van der Waals surface area contributed by atoms with Crippen LogP contribution in [0.1, 0.15) is 49.9 Å². The minimum Gasteiger partial charge on any atom is -0.330 e. The lowest BCUT2D eigenvalue weighted by atomic mass is 9.94. The molecule has 0 bridgehead atoms. The van der Waals surface area contributed by atoms with E-state index in [0.29, 0.717) is 12.6 Å². The second kappa shape index (κ2) is 7.62. The zero-order valence-corrected chi connectivity index (χ0v) is 13.6. The van der Waals surface area contributed by atoms with E-state index in [1.54, 1.807) is 0 Å². The van der Waals surface area contributed by atoms with Gasteiger partial charge in [0, 0.05) is 17.1 Å². The van der Waals surface area contributed by atoms with Crippen LogP contribution >= 0.6 is 11.6 Å². The van der Waals surface area contributed by atoms with Crippen molar-refractivity contribution in [2.75, 3.05) is 6.54 Å². The van der Waals surface area contributed by atoms with E-state index in [1.165, 1.54) is 0 Å². The van der Waals surface area contributed by atoms with Gasteiger partial charge in [-0.15, -0.1) is 0 Å². The summed E-state index contributed by atoms with van der Waals surface area (Å²) in [7, 11) is 0. The van der Waals surface area contributed by atoms with Crippen molar-refractivity contribution in [3.8, 4) is 0 Å². The zero-order valence-electron chi connectivity index (χ0n) is 12.8. The maximum absolute atomic E-state index is 6.28. The van der Waals surface area contributed by atoms with Gasteiger partial charge in [0.1, 0.15) is 0 Å². The molecular weight excluding hydrogens is 282 g/mol. The van der Waals surface area contributed by atoms with Crippen molar-refractivity contribution in [1.29, 1.82) is 0 Å². The molecule has 1 aromatic heterocycles. The second-order valence-electron chi connectivity index (χ2n) is 5.42. The molecule has 0 spiro atoms. The predicted molar refractivity (Wildman–Crippen MR) is 88.8 cm³/mol. The van der Waals surface area contributed by atoms with Crippen molar-refractivity contribution in [3.05, 3.63) is 52.8 Å². The molecule has 0 aliphatic carbocycles. The molecule has 0 aliphatic heterocycles. The van der Waals surface area contributed by atoms with E-state index >= 15 is 0 Å². The number of halogens is 1. The van der Waals surface area contributed by atoms with E-state index in [4.69, 9.17) is 22.4 Å². The van der Waals surface area contributed by atoms with Crippen molar-refractivity contribution >= 4 is 11.6 Å². The molecular formula is C17H24ClN3. The lowest BCUT2D eigenvalue weighted by Gasteiger charge is -2.16. The molecule has 0 amide bonds. The third kappa shape index (κ3) is 3.86. The number of nitrogens with two attached hydrogens (primary N) is 1. The first kappa shape index (κ1) is 16.1. The SMILES string of the molecule is CCC(CC)n1ccc(CC(CN)c2ccccc2Cl)n1. The van der Waals surface area contributed by atoms with E-state index in [1.807, 2.05) is 18.2 Å². The summed E-state index contributed by atoms with van der Waals surface area (Å²) in [4.78, 5) is 0. The summed E-state index contributed by atoms with van der Waals surface area (Å²) in [5.41, 5.74) is 8.14. The van der Waals surface area contributed by atoms with Gasteiger partial charge in [0.25, 0.3) is 0 Å². The van der Waals surface area contributed by atoms with E-state index in [0.717, 1.165) is 35.5 Å². The van der Waals surface area contributed by atoms with Crippen LogP contribution in [0.4, 0.5) is 0 Å². The summed E-state index contributed by atoms with van der Waals surface area (Å²) in [6.45, 7) is 4.96. The summed E-state index contributed by atoms with van der Waals surface area (Å²) < 4.78 is 2.08. The molecule has 1 unspecified atom stereocenters. The standard InChI is InChI=1S/C17H24ClN3/c1-3-15(4-2)21-10-9-14(20-21)11-13(12-19)16-7-5-6-8-17(16)18/h5-10,13,15H,3-4,11-12,19H2,1-2H3. The van der Waals surface area contributed by atoms with Crippen LogP contribution in [0.3, 0.4) is 0 Å². The van der Waals surface area contributed by atoms with E-state index in [9.17, 15) is 0 Å². The van der Waals surface area contributed by atoms with Crippen LogP contribution in [-0.4, -0.2) is 16.3 Å². The normalized spacial score (nSPS) is 12.8. The molecule has 1 heterocycles. The van der Waals surface area contributed by atoms with Gasteiger partial charge in [-0.1, -0.05) is 43.6 Å². The van der Waals surface area contributed by atoms with E-state index in [2.05, 4.69) is 36.9 Å². The molecule has 0 saturated heterocycles. The first-order chi connectivity index (χ1) is 10.2. The minimum absolute atomic E-state index is 0.212. The van der Waals surface area contributed by atoms with Gasteiger partial charge in [0.2, 0.25) is 0 Å². The van der Waals surface area contributed by atoms with Crippen LogP contribution in [0.15, 0.2) is 36.5 Å². The lowest BCUT2D eigenvalue weighted by Crippen LogP contribution is -2.16. The van der Waals surface area contributed by atoms with Crippen molar-refractivity contribution in [3.63, 3.8) is 0 Å². The highest BCUT2D eigenvalue weighted by Crippen LogP contribution is 2.26. The molecule has 0 fully saturated rings. The van der Waals surface area contributed by atoms with Crippen LogP contribution in [0.25, 0.3) is 0 Å². The molecule has 1 aromatic carbocycles. The molecule has 21 heavy (non-hydrogen) atoms. The van der Waals surface area contributed by atoms with Gasteiger partial charge in [0.05, 0.1) is 11.7 Å². The minimum atomic E-state index is 0.212. The summed E-state index contributed by atoms with van der Waals surface area (Å²) >= 11 is 6.28. The van der Waals surface area contributed by atoms with Crippen molar-refractivity contribution in [2.45, 2.75) is 45.1 Å². The lowest BCUT2D eigenvalue weighted by molar-refractivity contribution is 0.424. The summed E-state index contributed by atoms with van der Waals surface area (Å²) in [6, 6.07) is 10.5.